The molecule has 0 bridgehead atoms. The second kappa shape index (κ2) is 9.33. The highest BCUT2D eigenvalue weighted by molar-refractivity contribution is 5.93. The number of ether oxygens (including phenoxy) is 1. The summed E-state index contributed by atoms with van der Waals surface area (Å²) in [6, 6.07) is 5.50. The van der Waals surface area contributed by atoms with Crippen LogP contribution in [0.5, 0.6) is 0 Å². The SMILES string of the molecule is CC(=O)NC[C@H]1CN(c2ccc(N3CCN(C(=O)c4cc([N+](=O)[O-])[nH]n4)CC3)c(F)c2)C(=O)O1. The maximum atomic E-state index is 14.9. The van der Waals surface area contributed by atoms with Gasteiger partial charge in [-0.25, -0.2) is 9.18 Å². The second-order valence-electron chi connectivity index (χ2n) is 7.86. The van der Waals surface area contributed by atoms with Crippen molar-refractivity contribution in [3.05, 3.63) is 45.9 Å². The Morgan fingerprint density at radius 1 is 1.29 bits per heavy atom. The number of anilines is 2. The van der Waals surface area contributed by atoms with Crippen LogP contribution < -0.4 is 15.1 Å². The summed E-state index contributed by atoms with van der Waals surface area (Å²) < 4.78 is 20.1. The van der Waals surface area contributed by atoms with Crippen molar-refractivity contribution < 1.29 is 28.4 Å². The number of aromatic amines is 1. The number of piperazine rings is 1. The molecule has 0 saturated carbocycles. The molecule has 1 aromatic carbocycles. The number of nitro groups is 1. The van der Waals surface area contributed by atoms with Gasteiger partial charge in [0.05, 0.1) is 30.5 Å². The maximum absolute atomic E-state index is 14.9. The van der Waals surface area contributed by atoms with E-state index in [-0.39, 0.29) is 43.6 Å². The third-order valence-electron chi connectivity index (χ3n) is 5.58. The van der Waals surface area contributed by atoms with Crippen molar-refractivity contribution in [2.75, 3.05) is 49.1 Å². The van der Waals surface area contributed by atoms with Gasteiger partial charge in [0, 0.05) is 33.1 Å². The number of aromatic nitrogens is 2. The number of benzene rings is 1. The Morgan fingerprint density at radius 3 is 2.65 bits per heavy atom. The van der Waals surface area contributed by atoms with Gasteiger partial charge in [-0.1, -0.05) is 5.10 Å². The van der Waals surface area contributed by atoms with Gasteiger partial charge in [0.15, 0.2) is 5.69 Å². The van der Waals surface area contributed by atoms with E-state index < -0.39 is 28.8 Å². The molecule has 14 heteroatoms. The largest absolute Gasteiger partial charge is 0.442 e. The van der Waals surface area contributed by atoms with Crippen LogP contribution in [0, 0.1) is 15.9 Å². The smallest absolute Gasteiger partial charge is 0.414 e. The van der Waals surface area contributed by atoms with E-state index in [0.29, 0.717) is 24.5 Å². The molecular weight excluding hydrogens is 453 g/mol. The molecule has 2 aliphatic heterocycles. The van der Waals surface area contributed by atoms with E-state index in [4.69, 9.17) is 4.74 Å². The first-order chi connectivity index (χ1) is 16.2. The number of nitrogens with zero attached hydrogens (tertiary/aromatic N) is 5. The highest BCUT2D eigenvalue weighted by Crippen LogP contribution is 2.28. The zero-order valence-electron chi connectivity index (χ0n) is 18.2. The average molecular weight is 475 g/mol. The zero-order chi connectivity index (χ0) is 24.4. The Hall–Kier alpha value is -4.23. The Kier molecular flexibility index (Phi) is 6.30. The van der Waals surface area contributed by atoms with E-state index in [0.717, 1.165) is 6.07 Å². The van der Waals surface area contributed by atoms with Gasteiger partial charge in [-0.3, -0.25) is 14.5 Å². The second-order valence-corrected chi connectivity index (χ2v) is 7.86. The Labute approximate surface area is 192 Å². The fourth-order valence-electron chi connectivity index (χ4n) is 3.84. The number of carbonyl (C=O) groups is 3. The van der Waals surface area contributed by atoms with Gasteiger partial charge >= 0.3 is 11.9 Å². The summed E-state index contributed by atoms with van der Waals surface area (Å²) in [5.74, 6) is -1.58. The predicted molar refractivity (Wildman–Crippen MR) is 116 cm³/mol. The Bertz CT molecular complexity index is 1130. The normalized spacial score (nSPS) is 18.1. The van der Waals surface area contributed by atoms with Crippen molar-refractivity contribution >= 4 is 35.1 Å². The van der Waals surface area contributed by atoms with Crippen LogP contribution in [-0.2, 0) is 9.53 Å². The van der Waals surface area contributed by atoms with Crippen LogP contribution in [0.2, 0.25) is 0 Å². The maximum Gasteiger partial charge on any atom is 0.414 e. The molecule has 3 amide bonds. The van der Waals surface area contributed by atoms with Crippen LogP contribution in [0.4, 0.5) is 26.4 Å². The lowest BCUT2D eigenvalue weighted by atomic mass is 10.2. The summed E-state index contributed by atoms with van der Waals surface area (Å²) in [5.41, 5.74) is 0.615. The van der Waals surface area contributed by atoms with Crippen LogP contribution in [0.3, 0.4) is 0 Å². The Balaban J connectivity index is 1.36. The number of nitrogens with one attached hydrogen (secondary N) is 2. The minimum Gasteiger partial charge on any atom is -0.442 e. The lowest BCUT2D eigenvalue weighted by Crippen LogP contribution is -2.49. The van der Waals surface area contributed by atoms with Gasteiger partial charge in [0.1, 0.15) is 11.9 Å². The molecule has 2 N–H and O–H groups in total. The molecular formula is C20H22FN7O6. The lowest BCUT2D eigenvalue weighted by Gasteiger charge is -2.36. The molecule has 4 rings (SSSR count). The van der Waals surface area contributed by atoms with E-state index in [9.17, 15) is 28.9 Å². The summed E-state index contributed by atoms with van der Waals surface area (Å²) in [6.07, 6.45) is -1.14. The first-order valence-electron chi connectivity index (χ1n) is 10.5. The van der Waals surface area contributed by atoms with E-state index in [2.05, 4.69) is 15.5 Å². The van der Waals surface area contributed by atoms with E-state index >= 15 is 0 Å². The number of carbonyl (C=O) groups excluding carboxylic acids is 3. The Morgan fingerprint density at radius 2 is 2.03 bits per heavy atom. The van der Waals surface area contributed by atoms with E-state index in [1.54, 1.807) is 17.0 Å². The number of halogens is 1. The number of rotatable bonds is 6. The minimum absolute atomic E-state index is 0.0509. The summed E-state index contributed by atoms with van der Waals surface area (Å²) in [5, 5.41) is 19.2. The molecule has 2 aliphatic rings. The molecule has 1 atom stereocenters. The monoisotopic (exact) mass is 475 g/mol. The molecule has 2 aromatic rings. The number of hydrogen-bond acceptors (Lipinski definition) is 8. The topological polar surface area (TPSA) is 154 Å². The summed E-state index contributed by atoms with van der Waals surface area (Å²) in [6.45, 7) is 2.98. The van der Waals surface area contributed by atoms with E-state index in [1.807, 2.05) is 0 Å². The van der Waals surface area contributed by atoms with Crippen molar-refractivity contribution in [1.29, 1.82) is 0 Å². The molecule has 34 heavy (non-hydrogen) atoms. The van der Waals surface area contributed by atoms with Crippen LogP contribution in [0.15, 0.2) is 24.3 Å². The number of H-pyrrole nitrogens is 1. The summed E-state index contributed by atoms with van der Waals surface area (Å²) >= 11 is 0. The van der Waals surface area contributed by atoms with Gasteiger partial charge in [-0.15, -0.1) is 5.10 Å². The first kappa shape index (κ1) is 22.9. The quantitative estimate of drug-likeness (QED) is 0.461. The molecule has 180 valence electrons. The van der Waals surface area contributed by atoms with Gasteiger partial charge in [-0.2, -0.15) is 0 Å². The molecule has 2 fully saturated rings. The van der Waals surface area contributed by atoms with Crippen molar-refractivity contribution in [1.82, 2.24) is 20.4 Å². The fourth-order valence-corrected chi connectivity index (χ4v) is 3.84. The average Bonchev–Trinajstić information content (AvgIpc) is 3.44. The predicted octanol–water partition coefficient (Wildman–Crippen LogP) is 0.881. The van der Waals surface area contributed by atoms with Crippen molar-refractivity contribution in [3.8, 4) is 0 Å². The highest BCUT2D eigenvalue weighted by atomic mass is 19.1. The number of amides is 3. The first-order valence-corrected chi connectivity index (χ1v) is 10.5. The van der Waals surface area contributed by atoms with Gasteiger partial charge in [0.25, 0.3) is 5.91 Å². The van der Waals surface area contributed by atoms with Gasteiger partial charge in [0.2, 0.25) is 5.91 Å². The van der Waals surface area contributed by atoms with E-state index in [1.165, 1.54) is 22.8 Å². The van der Waals surface area contributed by atoms with Gasteiger partial charge < -0.3 is 30.0 Å². The van der Waals surface area contributed by atoms with Crippen LogP contribution in [0.25, 0.3) is 0 Å². The molecule has 13 nitrogen and oxygen atoms in total. The van der Waals surface area contributed by atoms with Crippen LogP contribution in [-0.4, -0.2) is 83.3 Å². The fraction of sp³-hybridized carbons (Fsp3) is 0.400. The molecule has 1 aromatic heterocycles. The van der Waals surface area contributed by atoms with Crippen LogP contribution >= 0.6 is 0 Å². The molecule has 2 saturated heterocycles. The molecule has 0 radical (unpaired) electrons. The molecule has 0 aliphatic carbocycles. The van der Waals surface area contributed by atoms with Gasteiger partial charge in [-0.05, 0) is 23.1 Å². The molecule has 0 spiro atoms. The van der Waals surface area contributed by atoms with Crippen molar-refractivity contribution in [3.63, 3.8) is 0 Å². The van der Waals surface area contributed by atoms with Crippen molar-refractivity contribution in [2.45, 2.75) is 13.0 Å². The summed E-state index contributed by atoms with van der Waals surface area (Å²) in [4.78, 5) is 50.4. The highest BCUT2D eigenvalue weighted by Gasteiger charge is 2.33. The zero-order valence-corrected chi connectivity index (χ0v) is 18.2. The number of cyclic esters (lactones) is 1. The number of hydrogen-bond donors (Lipinski definition) is 2. The standard InChI is InChI=1S/C20H22FN7O6/c1-12(29)22-10-14-11-27(20(31)34-14)13-2-3-17(15(21)8-13)25-4-6-26(7-5-25)19(30)16-9-18(24-23-16)28(32)33/h2-3,8-9,14H,4-7,10-11H2,1H3,(H,22,29)(H,23,24)/t14-/m0/s1. The third-order valence-corrected chi connectivity index (χ3v) is 5.58. The summed E-state index contributed by atoms with van der Waals surface area (Å²) in [7, 11) is 0. The lowest BCUT2D eigenvalue weighted by molar-refractivity contribution is -0.389. The molecule has 3 heterocycles. The third kappa shape index (κ3) is 4.74. The van der Waals surface area contributed by atoms with Crippen LogP contribution in [0.1, 0.15) is 17.4 Å². The minimum atomic E-state index is -0.667. The molecule has 0 unspecified atom stereocenters. The van der Waals surface area contributed by atoms with Crippen molar-refractivity contribution in [2.24, 2.45) is 0 Å².